The number of carbonyl (C=O) groups is 1. The van der Waals surface area contributed by atoms with E-state index in [-0.39, 0.29) is 16.9 Å². The van der Waals surface area contributed by atoms with Gasteiger partial charge in [0, 0.05) is 30.9 Å². The number of rotatable bonds is 6. The third-order valence-corrected chi connectivity index (χ3v) is 5.97. The van der Waals surface area contributed by atoms with Crippen LogP contribution in [-0.2, 0) is 29.1 Å². The number of carbonyl (C=O) groups excluding carboxylic acids is 1. The second-order valence-electron chi connectivity index (χ2n) is 8.94. The van der Waals surface area contributed by atoms with Crippen molar-refractivity contribution < 1.29 is 14.6 Å². The fourth-order valence-electron chi connectivity index (χ4n) is 4.33. The first kappa shape index (κ1) is 19.9. The van der Waals surface area contributed by atoms with E-state index >= 15 is 0 Å². The molecule has 2 aliphatic rings. The lowest BCUT2D eigenvalue weighted by Gasteiger charge is -2.39. The van der Waals surface area contributed by atoms with Gasteiger partial charge in [0.15, 0.2) is 5.75 Å². The molecule has 2 aliphatic heterocycles. The summed E-state index contributed by atoms with van der Waals surface area (Å²) in [4.78, 5) is 27.5. The normalized spacial score (nSPS) is 19.8. The first-order chi connectivity index (χ1) is 13.9. The molecule has 0 unspecified atom stereocenters. The first-order valence-corrected chi connectivity index (χ1v) is 10.3. The molecule has 0 atom stereocenters. The SMILES string of the molecule is CC1(C)Cc2c(CC3(CNC(=O)Cn4ccnc4)CCNCC3)cccc2OO1. The second kappa shape index (κ2) is 8.16. The molecule has 1 amide bonds. The van der Waals surface area contributed by atoms with Gasteiger partial charge in [0.2, 0.25) is 5.91 Å². The summed E-state index contributed by atoms with van der Waals surface area (Å²) < 4.78 is 1.79. The van der Waals surface area contributed by atoms with Crippen molar-refractivity contribution in [3.05, 3.63) is 48.0 Å². The Kier molecular flexibility index (Phi) is 5.61. The number of hydrogen-bond acceptors (Lipinski definition) is 5. The minimum Gasteiger partial charge on any atom is -0.354 e. The maximum atomic E-state index is 12.5. The van der Waals surface area contributed by atoms with Crippen molar-refractivity contribution in [1.82, 2.24) is 20.2 Å². The summed E-state index contributed by atoms with van der Waals surface area (Å²) in [7, 11) is 0. The highest BCUT2D eigenvalue weighted by molar-refractivity contribution is 5.75. The molecular weight excluding hydrogens is 368 g/mol. The van der Waals surface area contributed by atoms with E-state index in [0.717, 1.165) is 44.5 Å². The zero-order valence-corrected chi connectivity index (χ0v) is 17.2. The van der Waals surface area contributed by atoms with Crippen LogP contribution in [0.4, 0.5) is 0 Å². The molecule has 1 aromatic heterocycles. The topological polar surface area (TPSA) is 77.4 Å². The molecular formula is C22H30N4O3. The maximum absolute atomic E-state index is 12.5. The number of amides is 1. The van der Waals surface area contributed by atoms with Crippen molar-refractivity contribution in [2.45, 2.75) is 51.7 Å². The molecule has 2 N–H and O–H groups in total. The quantitative estimate of drug-likeness (QED) is 0.730. The molecule has 1 saturated heterocycles. The Balaban J connectivity index is 1.50. The molecule has 0 bridgehead atoms. The fraction of sp³-hybridized carbons (Fsp3) is 0.545. The van der Waals surface area contributed by atoms with E-state index < -0.39 is 0 Å². The molecule has 0 radical (unpaired) electrons. The van der Waals surface area contributed by atoms with Crippen LogP contribution < -0.4 is 15.5 Å². The summed E-state index contributed by atoms with van der Waals surface area (Å²) in [6.45, 7) is 7.00. The summed E-state index contributed by atoms with van der Waals surface area (Å²) in [6.07, 6.45) is 8.96. The smallest absolute Gasteiger partial charge is 0.239 e. The largest absolute Gasteiger partial charge is 0.354 e. The number of piperidine rings is 1. The highest BCUT2D eigenvalue weighted by atomic mass is 17.2. The molecule has 0 spiro atoms. The van der Waals surface area contributed by atoms with Gasteiger partial charge >= 0.3 is 0 Å². The van der Waals surface area contributed by atoms with Crippen molar-refractivity contribution in [2.75, 3.05) is 19.6 Å². The summed E-state index contributed by atoms with van der Waals surface area (Å²) in [6, 6.07) is 6.19. The number of aromatic nitrogens is 2. The molecule has 1 aromatic carbocycles. The van der Waals surface area contributed by atoms with E-state index in [1.54, 1.807) is 23.3 Å². The fourth-order valence-corrected chi connectivity index (χ4v) is 4.33. The molecule has 4 rings (SSSR count). The van der Waals surface area contributed by atoms with Crippen LogP contribution >= 0.6 is 0 Å². The Hall–Kier alpha value is -2.38. The van der Waals surface area contributed by atoms with Crippen LogP contribution in [0.25, 0.3) is 0 Å². The van der Waals surface area contributed by atoms with Gasteiger partial charge < -0.3 is 20.1 Å². The number of nitrogens with one attached hydrogen (secondary N) is 2. The molecule has 1 fully saturated rings. The van der Waals surface area contributed by atoms with Gasteiger partial charge in [0.05, 0.1) is 6.33 Å². The lowest BCUT2D eigenvalue weighted by molar-refractivity contribution is -0.290. The number of benzene rings is 1. The minimum absolute atomic E-state index is 0.0221. The van der Waals surface area contributed by atoms with Crippen molar-refractivity contribution >= 4 is 5.91 Å². The van der Waals surface area contributed by atoms with Gasteiger partial charge in [-0.3, -0.25) is 4.79 Å². The number of imidazole rings is 1. The van der Waals surface area contributed by atoms with E-state index in [1.165, 1.54) is 11.1 Å². The lowest BCUT2D eigenvalue weighted by Crippen LogP contribution is -2.46. The predicted molar refractivity (Wildman–Crippen MR) is 109 cm³/mol. The summed E-state index contributed by atoms with van der Waals surface area (Å²) >= 11 is 0. The van der Waals surface area contributed by atoms with E-state index in [1.807, 2.05) is 26.0 Å². The zero-order chi connectivity index (χ0) is 20.3. The number of hydrogen-bond donors (Lipinski definition) is 2. The monoisotopic (exact) mass is 398 g/mol. The summed E-state index contributed by atoms with van der Waals surface area (Å²) in [5, 5.41) is 6.63. The average molecular weight is 399 g/mol. The van der Waals surface area contributed by atoms with Crippen LogP contribution in [0, 0.1) is 5.41 Å². The molecule has 3 heterocycles. The van der Waals surface area contributed by atoms with Gasteiger partial charge in [-0.25, -0.2) is 4.98 Å². The predicted octanol–water partition coefficient (Wildman–Crippen LogP) is 2.26. The molecule has 156 valence electrons. The summed E-state index contributed by atoms with van der Waals surface area (Å²) in [5.74, 6) is 0.837. The second-order valence-corrected chi connectivity index (χ2v) is 8.94. The average Bonchev–Trinajstić information content (AvgIpc) is 3.20. The van der Waals surface area contributed by atoms with Crippen molar-refractivity contribution in [3.63, 3.8) is 0 Å². The molecule has 0 aliphatic carbocycles. The van der Waals surface area contributed by atoms with E-state index in [2.05, 4.69) is 21.7 Å². The van der Waals surface area contributed by atoms with Crippen LogP contribution in [0.2, 0.25) is 0 Å². The van der Waals surface area contributed by atoms with Crippen LogP contribution in [-0.4, -0.2) is 40.7 Å². The first-order valence-electron chi connectivity index (χ1n) is 10.3. The molecule has 2 aromatic rings. The van der Waals surface area contributed by atoms with Gasteiger partial charge in [-0.1, -0.05) is 12.1 Å². The number of nitrogens with zero attached hydrogens (tertiary/aromatic N) is 2. The summed E-state index contributed by atoms with van der Waals surface area (Å²) in [5.41, 5.74) is 2.22. The third kappa shape index (κ3) is 4.79. The Morgan fingerprint density at radius 2 is 2.14 bits per heavy atom. The lowest BCUT2D eigenvalue weighted by atomic mass is 9.72. The Bertz CT molecular complexity index is 842. The maximum Gasteiger partial charge on any atom is 0.239 e. The van der Waals surface area contributed by atoms with Crippen LogP contribution in [0.1, 0.15) is 37.8 Å². The molecule has 7 nitrogen and oxygen atoms in total. The van der Waals surface area contributed by atoms with Gasteiger partial charge in [0.1, 0.15) is 12.1 Å². The highest BCUT2D eigenvalue weighted by Gasteiger charge is 2.36. The third-order valence-electron chi connectivity index (χ3n) is 5.97. The Labute approximate surface area is 171 Å². The van der Waals surface area contributed by atoms with Crippen molar-refractivity contribution in [3.8, 4) is 5.75 Å². The van der Waals surface area contributed by atoms with Crippen LogP contribution in [0.5, 0.6) is 5.75 Å². The standard InChI is InChI=1S/C22H30N4O3/c1-21(2)13-18-17(4-3-5-19(18)28-29-21)12-22(6-8-23-9-7-22)15-25-20(27)14-26-11-10-24-16-26/h3-5,10-11,16,23H,6-9,12-15H2,1-2H3,(H,25,27). The minimum atomic E-state index is -0.344. The molecule has 7 heteroatoms. The van der Waals surface area contributed by atoms with E-state index in [4.69, 9.17) is 9.78 Å². The Morgan fingerprint density at radius 3 is 2.90 bits per heavy atom. The van der Waals surface area contributed by atoms with Crippen LogP contribution in [0.15, 0.2) is 36.9 Å². The van der Waals surface area contributed by atoms with E-state index in [9.17, 15) is 4.79 Å². The highest BCUT2D eigenvalue weighted by Crippen LogP contribution is 2.39. The zero-order valence-electron chi connectivity index (χ0n) is 17.2. The van der Waals surface area contributed by atoms with Gasteiger partial charge in [0.25, 0.3) is 0 Å². The Morgan fingerprint density at radius 1 is 1.31 bits per heavy atom. The van der Waals surface area contributed by atoms with Gasteiger partial charge in [-0.05, 0) is 63.2 Å². The van der Waals surface area contributed by atoms with Crippen molar-refractivity contribution in [1.29, 1.82) is 0 Å². The molecule has 0 saturated carbocycles. The number of fused-ring (bicyclic) bond motifs is 1. The van der Waals surface area contributed by atoms with Crippen molar-refractivity contribution in [2.24, 2.45) is 5.41 Å². The van der Waals surface area contributed by atoms with Gasteiger partial charge in [-0.15, -0.1) is 0 Å². The molecule has 29 heavy (non-hydrogen) atoms. The van der Waals surface area contributed by atoms with E-state index in [0.29, 0.717) is 13.1 Å². The van der Waals surface area contributed by atoms with Gasteiger partial charge in [-0.2, -0.15) is 4.89 Å². The van der Waals surface area contributed by atoms with Crippen LogP contribution in [0.3, 0.4) is 0 Å².